The molecule has 0 aliphatic rings. The molecule has 0 aromatic carbocycles. The van der Waals surface area contributed by atoms with Gasteiger partial charge in [-0.15, -0.1) is 0 Å². The smallest absolute Gasteiger partial charge is 0.306 e. The summed E-state index contributed by atoms with van der Waals surface area (Å²) in [7, 11) is 0. The third-order valence-electron chi connectivity index (χ3n) is 10.4. The molecule has 6 nitrogen and oxygen atoms in total. The van der Waals surface area contributed by atoms with Crippen molar-refractivity contribution in [3.05, 3.63) is 85.1 Å². The molecule has 0 aromatic heterocycles. The zero-order valence-corrected chi connectivity index (χ0v) is 39.7. The van der Waals surface area contributed by atoms with Gasteiger partial charge in [0.2, 0.25) is 0 Å². The lowest BCUT2D eigenvalue weighted by Crippen LogP contribution is -2.30. The number of carbonyl (C=O) groups excluding carboxylic acids is 3. The van der Waals surface area contributed by atoms with Gasteiger partial charge in [0, 0.05) is 19.3 Å². The van der Waals surface area contributed by atoms with Crippen molar-refractivity contribution in [1.82, 2.24) is 0 Å². The molecule has 6 heteroatoms. The summed E-state index contributed by atoms with van der Waals surface area (Å²) in [6.45, 7) is 6.42. The Labute approximate surface area is 375 Å². The summed E-state index contributed by atoms with van der Waals surface area (Å²) in [4.78, 5) is 37.9. The number of hydrogen-bond acceptors (Lipinski definition) is 6. The first-order chi connectivity index (χ1) is 30.0. The molecule has 0 saturated heterocycles. The minimum absolute atomic E-state index is 0.0976. The van der Waals surface area contributed by atoms with Crippen LogP contribution in [0.4, 0.5) is 0 Å². The van der Waals surface area contributed by atoms with Gasteiger partial charge in [0.15, 0.2) is 6.10 Å². The van der Waals surface area contributed by atoms with Gasteiger partial charge in [-0.3, -0.25) is 14.4 Å². The largest absolute Gasteiger partial charge is 0.462 e. The van der Waals surface area contributed by atoms with E-state index in [9.17, 15) is 14.4 Å². The fourth-order valence-corrected chi connectivity index (χ4v) is 6.56. The summed E-state index contributed by atoms with van der Waals surface area (Å²) in [5.74, 6) is -0.952. The predicted molar refractivity (Wildman–Crippen MR) is 261 cm³/mol. The molecule has 0 aliphatic heterocycles. The lowest BCUT2D eigenvalue weighted by molar-refractivity contribution is -0.167. The molecule has 0 radical (unpaired) electrons. The molecule has 0 aromatic rings. The third kappa shape index (κ3) is 47.5. The number of unbranched alkanes of at least 4 members (excludes halogenated alkanes) is 19. The maximum atomic E-state index is 12.8. The van der Waals surface area contributed by atoms with E-state index in [0.29, 0.717) is 12.8 Å². The monoisotopic (exact) mass is 849 g/mol. The first kappa shape index (κ1) is 57.6. The van der Waals surface area contributed by atoms with Gasteiger partial charge in [0.25, 0.3) is 0 Å². The van der Waals surface area contributed by atoms with E-state index in [2.05, 4.69) is 106 Å². The number of ether oxygens (including phenoxy) is 3. The van der Waals surface area contributed by atoms with E-state index < -0.39 is 6.10 Å². The van der Waals surface area contributed by atoms with Crippen molar-refractivity contribution in [3.63, 3.8) is 0 Å². The van der Waals surface area contributed by atoms with Crippen molar-refractivity contribution >= 4 is 17.9 Å². The number of carbonyl (C=O) groups is 3. The topological polar surface area (TPSA) is 78.9 Å². The highest BCUT2D eigenvalue weighted by atomic mass is 16.6. The van der Waals surface area contributed by atoms with Crippen LogP contribution in [0.3, 0.4) is 0 Å². The van der Waals surface area contributed by atoms with E-state index in [1.54, 1.807) is 0 Å². The number of esters is 3. The Morgan fingerprint density at radius 1 is 0.344 bits per heavy atom. The normalized spacial score (nSPS) is 12.8. The minimum Gasteiger partial charge on any atom is -0.462 e. The average Bonchev–Trinajstić information content (AvgIpc) is 3.26. The molecule has 348 valence electrons. The van der Waals surface area contributed by atoms with Crippen LogP contribution in [0, 0.1) is 0 Å². The van der Waals surface area contributed by atoms with Crippen LogP contribution < -0.4 is 0 Å². The van der Waals surface area contributed by atoms with E-state index in [1.165, 1.54) is 70.6 Å². The predicted octanol–water partition coefficient (Wildman–Crippen LogP) is 16.4. The van der Waals surface area contributed by atoms with Gasteiger partial charge < -0.3 is 14.2 Å². The van der Waals surface area contributed by atoms with Crippen LogP contribution in [0.5, 0.6) is 0 Å². The van der Waals surface area contributed by atoms with Gasteiger partial charge in [-0.25, -0.2) is 0 Å². The maximum Gasteiger partial charge on any atom is 0.306 e. The molecule has 0 rings (SSSR count). The van der Waals surface area contributed by atoms with Crippen LogP contribution >= 0.6 is 0 Å². The van der Waals surface area contributed by atoms with Crippen molar-refractivity contribution in [1.29, 1.82) is 0 Å². The van der Waals surface area contributed by atoms with E-state index in [0.717, 1.165) is 116 Å². The summed E-state index contributed by atoms with van der Waals surface area (Å²) in [5, 5.41) is 0. The fraction of sp³-hybridized carbons (Fsp3) is 0.691. The molecular formula is C55H92O6. The quantitative estimate of drug-likeness (QED) is 0.0263. The van der Waals surface area contributed by atoms with Crippen molar-refractivity contribution in [2.24, 2.45) is 0 Å². The van der Waals surface area contributed by atoms with Crippen LogP contribution in [0.2, 0.25) is 0 Å². The molecule has 0 fully saturated rings. The molecule has 0 saturated carbocycles. The average molecular weight is 849 g/mol. The summed E-state index contributed by atoms with van der Waals surface area (Å²) < 4.78 is 16.7. The molecule has 1 atom stereocenters. The van der Waals surface area contributed by atoms with E-state index >= 15 is 0 Å². The van der Waals surface area contributed by atoms with E-state index in [4.69, 9.17) is 14.2 Å². The van der Waals surface area contributed by atoms with Crippen LogP contribution in [-0.4, -0.2) is 37.2 Å². The summed E-state index contributed by atoms with van der Waals surface area (Å²) >= 11 is 0. The Bertz CT molecular complexity index is 1200. The molecule has 0 bridgehead atoms. The van der Waals surface area contributed by atoms with Crippen LogP contribution in [0.25, 0.3) is 0 Å². The molecule has 0 N–H and O–H groups in total. The van der Waals surface area contributed by atoms with Crippen LogP contribution in [0.1, 0.15) is 226 Å². The van der Waals surface area contributed by atoms with E-state index in [1.807, 2.05) is 0 Å². The Balaban J connectivity index is 4.46. The number of rotatable bonds is 44. The van der Waals surface area contributed by atoms with Gasteiger partial charge in [0.1, 0.15) is 13.2 Å². The molecular weight excluding hydrogens is 757 g/mol. The second-order valence-corrected chi connectivity index (χ2v) is 16.3. The van der Waals surface area contributed by atoms with Crippen LogP contribution in [0.15, 0.2) is 85.1 Å². The second-order valence-electron chi connectivity index (χ2n) is 16.3. The Hall–Kier alpha value is -3.41. The second kappa shape index (κ2) is 49.2. The highest BCUT2D eigenvalue weighted by Crippen LogP contribution is 2.13. The van der Waals surface area contributed by atoms with Crippen molar-refractivity contribution in [3.8, 4) is 0 Å². The van der Waals surface area contributed by atoms with Gasteiger partial charge in [-0.05, 0) is 109 Å². The Kier molecular flexibility index (Phi) is 46.5. The van der Waals surface area contributed by atoms with Crippen molar-refractivity contribution in [2.45, 2.75) is 232 Å². The van der Waals surface area contributed by atoms with Gasteiger partial charge in [-0.1, -0.05) is 183 Å². The molecule has 0 aliphatic carbocycles. The van der Waals surface area contributed by atoms with Gasteiger partial charge in [0.05, 0.1) is 0 Å². The Morgan fingerprint density at radius 3 is 1.08 bits per heavy atom. The van der Waals surface area contributed by atoms with Gasteiger partial charge >= 0.3 is 17.9 Å². The SMILES string of the molecule is CC/C=C\C/C=C\C/C=C\C/C=C\C/C=C\CCCCCC(=O)O[C@@H](COC(=O)CCCCCCC/C=C\CCCC)COC(=O)CCCCCCC/C=C\CCCCCC. The lowest BCUT2D eigenvalue weighted by atomic mass is 10.1. The fourth-order valence-electron chi connectivity index (χ4n) is 6.56. The molecule has 0 spiro atoms. The first-order valence-corrected chi connectivity index (χ1v) is 25.1. The highest BCUT2D eigenvalue weighted by molar-refractivity contribution is 5.71. The maximum absolute atomic E-state index is 12.8. The zero-order chi connectivity index (χ0) is 44.4. The highest BCUT2D eigenvalue weighted by Gasteiger charge is 2.19. The van der Waals surface area contributed by atoms with Crippen LogP contribution in [-0.2, 0) is 28.6 Å². The summed E-state index contributed by atoms with van der Waals surface area (Å²) in [5.41, 5.74) is 0. The zero-order valence-electron chi connectivity index (χ0n) is 39.7. The molecule has 0 amide bonds. The Morgan fingerprint density at radius 2 is 0.656 bits per heavy atom. The molecule has 61 heavy (non-hydrogen) atoms. The van der Waals surface area contributed by atoms with Crippen molar-refractivity contribution in [2.75, 3.05) is 13.2 Å². The molecule has 0 unspecified atom stereocenters. The molecule has 0 heterocycles. The standard InChI is InChI=1S/C55H92O6/c1-4-7-10-13-16-19-22-24-25-26-27-28-29-31-34-37-40-43-46-49-55(58)61-52(50-59-53(56)47-44-41-38-35-32-21-18-15-12-9-6-3)51-60-54(57)48-45-42-39-36-33-30-23-20-17-14-11-8-5-2/h7,10,15-16,18-20,23-25,27-28,31,34,52H,4-6,8-9,11-14,17,21-22,26,29-30,32-33,35-51H2,1-3H3/b10-7-,18-15-,19-16-,23-20-,25-24-,28-27-,34-31-/t52-/m0/s1. The van der Waals surface area contributed by atoms with E-state index in [-0.39, 0.29) is 37.5 Å². The summed E-state index contributed by atoms with van der Waals surface area (Å²) in [6, 6.07) is 0. The van der Waals surface area contributed by atoms with Gasteiger partial charge in [-0.2, -0.15) is 0 Å². The summed E-state index contributed by atoms with van der Waals surface area (Å²) in [6.07, 6.45) is 62.8. The number of hydrogen-bond donors (Lipinski definition) is 0. The first-order valence-electron chi connectivity index (χ1n) is 25.1. The lowest BCUT2D eigenvalue weighted by Gasteiger charge is -2.18. The number of allylic oxidation sites excluding steroid dienone is 14. The minimum atomic E-state index is -0.799. The third-order valence-corrected chi connectivity index (χ3v) is 10.4. The van der Waals surface area contributed by atoms with Crippen molar-refractivity contribution < 1.29 is 28.6 Å².